The maximum atomic E-state index is 12.1. The highest BCUT2D eigenvalue weighted by Crippen LogP contribution is 2.13. The van der Waals surface area contributed by atoms with E-state index in [9.17, 15) is 18.0 Å². The van der Waals surface area contributed by atoms with Crippen molar-refractivity contribution < 1.29 is 18.0 Å². The van der Waals surface area contributed by atoms with Gasteiger partial charge in [0.25, 0.3) is 0 Å². The minimum Gasteiger partial charge on any atom is -0.353 e. The Labute approximate surface area is 155 Å². The lowest BCUT2D eigenvalue weighted by Gasteiger charge is -2.32. The Hall–Kier alpha value is -1.89. The molecule has 1 aliphatic heterocycles. The van der Waals surface area contributed by atoms with E-state index in [2.05, 4.69) is 5.32 Å². The SMILES string of the molecule is CC(CNC(=O)CS(=O)(=O)CCCc1ccccc1)N1CCCCC1=O. The van der Waals surface area contributed by atoms with Crippen LogP contribution in [0.1, 0.15) is 38.2 Å². The number of rotatable bonds is 9. The summed E-state index contributed by atoms with van der Waals surface area (Å²) in [5.74, 6) is -0.898. The Morgan fingerprint density at radius 2 is 1.96 bits per heavy atom. The molecule has 0 aromatic heterocycles. The standard InChI is InChI=1S/C19H28N2O4S/c1-16(21-12-6-5-11-19(21)23)14-20-18(22)15-26(24,25)13-7-10-17-8-3-2-4-9-17/h2-4,8-9,16H,5-7,10-15H2,1H3,(H,20,22). The Morgan fingerprint density at radius 1 is 1.23 bits per heavy atom. The number of amides is 2. The number of piperidine rings is 1. The first-order valence-corrected chi connectivity index (χ1v) is 11.0. The number of carbonyl (C=O) groups is 2. The van der Waals surface area contributed by atoms with E-state index in [1.807, 2.05) is 37.3 Å². The second-order valence-electron chi connectivity index (χ2n) is 6.88. The molecule has 1 aromatic rings. The maximum absolute atomic E-state index is 12.1. The fourth-order valence-electron chi connectivity index (χ4n) is 3.13. The molecule has 6 nitrogen and oxygen atoms in total. The summed E-state index contributed by atoms with van der Waals surface area (Å²) in [4.78, 5) is 25.6. The van der Waals surface area contributed by atoms with E-state index < -0.39 is 21.5 Å². The number of nitrogens with one attached hydrogen (secondary N) is 1. The molecule has 1 aliphatic rings. The molecule has 0 bridgehead atoms. The van der Waals surface area contributed by atoms with E-state index in [1.54, 1.807) is 4.90 Å². The first kappa shape index (κ1) is 20.4. The topological polar surface area (TPSA) is 83.6 Å². The summed E-state index contributed by atoms with van der Waals surface area (Å²) in [5.41, 5.74) is 1.09. The van der Waals surface area contributed by atoms with E-state index in [0.717, 1.165) is 18.4 Å². The number of benzene rings is 1. The molecule has 1 fully saturated rings. The second-order valence-corrected chi connectivity index (χ2v) is 9.06. The van der Waals surface area contributed by atoms with Crippen LogP contribution in [0.4, 0.5) is 0 Å². The van der Waals surface area contributed by atoms with E-state index >= 15 is 0 Å². The molecule has 0 spiro atoms. The average Bonchev–Trinajstić information content (AvgIpc) is 2.60. The zero-order chi connectivity index (χ0) is 19.0. The number of aryl methyl sites for hydroxylation is 1. The van der Waals surface area contributed by atoms with Gasteiger partial charge in [-0.3, -0.25) is 9.59 Å². The zero-order valence-corrected chi connectivity index (χ0v) is 16.1. The highest BCUT2D eigenvalue weighted by atomic mass is 32.2. The molecule has 1 unspecified atom stereocenters. The molecule has 2 amide bonds. The molecule has 2 rings (SSSR count). The molecule has 7 heteroatoms. The number of likely N-dealkylation sites (tertiary alicyclic amines) is 1. The number of hydrogen-bond acceptors (Lipinski definition) is 4. The number of nitrogens with zero attached hydrogens (tertiary/aromatic N) is 1. The van der Waals surface area contributed by atoms with Gasteiger partial charge in [0.2, 0.25) is 11.8 Å². The van der Waals surface area contributed by atoms with Crippen molar-refractivity contribution in [3.63, 3.8) is 0 Å². The van der Waals surface area contributed by atoms with Crippen LogP contribution in [-0.2, 0) is 25.8 Å². The quantitative estimate of drug-likeness (QED) is 0.705. The van der Waals surface area contributed by atoms with Crippen molar-refractivity contribution in [3.8, 4) is 0 Å². The van der Waals surface area contributed by atoms with Crippen molar-refractivity contribution in [2.75, 3.05) is 24.6 Å². The fraction of sp³-hybridized carbons (Fsp3) is 0.579. The lowest BCUT2D eigenvalue weighted by Crippen LogP contribution is -2.48. The van der Waals surface area contributed by atoms with Crippen LogP contribution in [-0.4, -0.2) is 55.8 Å². The highest BCUT2D eigenvalue weighted by molar-refractivity contribution is 7.92. The van der Waals surface area contributed by atoms with Crippen molar-refractivity contribution in [1.29, 1.82) is 0 Å². The van der Waals surface area contributed by atoms with E-state index in [-0.39, 0.29) is 24.2 Å². The first-order valence-electron chi connectivity index (χ1n) is 9.18. The van der Waals surface area contributed by atoms with Gasteiger partial charge in [-0.1, -0.05) is 30.3 Å². The first-order chi connectivity index (χ1) is 12.4. The third-order valence-corrected chi connectivity index (χ3v) is 6.21. The van der Waals surface area contributed by atoms with Crippen LogP contribution in [0.5, 0.6) is 0 Å². The third kappa shape index (κ3) is 6.78. The molecular formula is C19H28N2O4S. The van der Waals surface area contributed by atoms with Crippen molar-refractivity contribution in [2.45, 2.75) is 45.1 Å². The van der Waals surface area contributed by atoms with Crippen molar-refractivity contribution in [1.82, 2.24) is 10.2 Å². The van der Waals surface area contributed by atoms with Gasteiger partial charge in [-0.25, -0.2) is 8.42 Å². The number of sulfone groups is 1. The lowest BCUT2D eigenvalue weighted by atomic mass is 10.1. The Bertz CT molecular complexity index is 704. The van der Waals surface area contributed by atoms with Crippen LogP contribution < -0.4 is 5.32 Å². The molecular weight excluding hydrogens is 352 g/mol. The molecule has 26 heavy (non-hydrogen) atoms. The Kier molecular flexibility index (Phi) is 7.63. The molecule has 144 valence electrons. The number of carbonyl (C=O) groups excluding carboxylic acids is 2. The molecule has 0 aliphatic carbocycles. The fourth-order valence-corrected chi connectivity index (χ4v) is 4.36. The van der Waals surface area contributed by atoms with Gasteiger partial charge in [0.1, 0.15) is 5.75 Å². The molecule has 1 atom stereocenters. The summed E-state index contributed by atoms with van der Waals surface area (Å²) >= 11 is 0. The summed E-state index contributed by atoms with van der Waals surface area (Å²) in [7, 11) is -3.43. The summed E-state index contributed by atoms with van der Waals surface area (Å²) in [5, 5.41) is 2.65. The van der Waals surface area contributed by atoms with E-state index in [4.69, 9.17) is 0 Å². The predicted molar refractivity (Wildman–Crippen MR) is 101 cm³/mol. The molecule has 0 saturated carbocycles. The van der Waals surface area contributed by atoms with Crippen LogP contribution in [0.15, 0.2) is 30.3 Å². The third-order valence-electron chi connectivity index (χ3n) is 4.60. The normalized spacial score (nSPS) is 16.3. The van der Waals surface area contributed by atoms with Gasteiger partial charge < -0.3 is 10.2 Å². The number of hydrogen-bond donors (Lipinski definition) is 1. The van der Waals surface area contributed by atoms with Gasteiger partial charge in [0.05, 0.1) is 5.75 Å². The largest absolute Gasteiger partial charge is 0.353 e. The van der Waals surface area contributed by atoms with Crippen LogP contribution >= 0.6 is 0 Å². The zero-order valence-electron chi connectivity index (χ0n) is 15.3. The van der Waals surface area contributed by atoms with Crippen LogP contribution in [0.25, 0.3) is 0 Å². The monoisotopic (exact) mass is 380 g/mol. The summed E-state index contributed by atoms with van der Waals surface area (Å²) < 4.78 is 24.2. The van der Waals surface area contributed by atoms with Gasteiger partial charge in [0.15, 0.2) is 9.84 Å². The van der Waals surface area contributed by atoms with Crippen LogP contribution in [0, 0.1) is 0 Å². The minimum absolute atomic E-state index is 0.00449. The van der Waals surface area contributed by atoms with Gasteiger partial charge in [-0.2, -0.15) is 0 Å². The van der Waals surface area contributed by atoms with Crippen molar-refractivity contribution in [2.24, 2.45) is 0 Å². The second kappa shape index (κ2) is 9.71. The molecule has 1 aromatic carbocycles. The van der Waals surface area contributed by atoms with Crippen molar-refractivity contribution >= 4 is 21.7 Å². The molecule has 1 heterocycles. The van der Waals surface area contributed by atoms with Gasteiger partial charge in [-0.05, 0) is 38.2 Å². The van der Waals surface area contributed by atoms with Gasteiger partial charge >= 0.3 is 0 Å². The maximum Gasteiger partial charge on any atom is 0.235 e. The predicted octanol–water partition coefficient (Wildman–Crippen LogP) is 1.55. The lowest BCUT2D eigenvalue weighted by molar-refractivity contribution is -0.135. The Balaban J connectivity index is 1.71. The summed E-state index contributed by atoms with van der Waals surface area (Å²) in [6.45, 7) is 2.86. The average molecular weight is 381 g/mol. The van der Waals surface area contributed by atoms with Crippen LogP contribution in [0.2, 0.25) is 0 Å². The molecule has 1 saturated heterocycles. The summed E-state index contributed by atoms with van der Waals surface area (Å²) in [6.07, 6.45) is 3.61. The van der Waals surface area contributed by atoms with E-state index in [0.29, 0.717) is 25.8 Å². The molecule has 0 radical (unpaired) electrons. The Morgan fingerprint density at radius 3 is 2.65 bits per heavy atom. The smallest absolute Gasteiger partial charge is 0.235 e. The van der Waals surface area contributed by atoms with E-state index in [1.165, 1.54) is 0 Å². The minimum atomic E-state index is -3.43. The summed E-state index contributed by atoms with van der Waals surface area (Å²) in [6, 6.07) is 9.57. The molecule has 1 N–H and O–H groups in total. The van der Waals surface area contributed by atoms with Crippen molar-refractivity contribution in [3.05, 3.63) is 35.9 Å². The van der Waals surface area contributed by atoms with Crippen LogP contribution in [0.3, 0.4) is 0 Å². The van der Waals surface area contributed by atoms with Gasteiger partial charge in [-0.15, -0.1) is 0 Å². The van der Waals surface area contributed by atoms with Gasteiger partial charge in [0, 0.05) is 25.6 Å². The highest BCUT2D eigenvalue weighted by Gasteiger charge is 2.24.